The predicted octanol–water partition coefficient (Wildman–Crippen LogP) is 2.23. The zero-order valence-corrected chi connectivity index (χ0v) is 13.4. The molecule has 1 aliphatic rings. The molecule has 0 aliphatic heterocycles. The second-order valence-electron chi connectivity index (χ2n) is 6.52. The summed E-state index contributed by atoms with van der Waals surface area (Å²) in [5.74, 6) is -1.31. The Morgan fingerprint density at radius 2 is 1.86 bits per heavy atom. The third-order valence-corrected chi connectivity index (χ3v) is 3.18. The van der Waals surface area contributed by atoms with Gasteiger partial charge < -0.3 is 19.9 Å². The molecule has 1 rings (SSSR count). The minimum atomic E-state index is -0.921. The van der Waals surface area contributed by atoms with Crippen LogP contribution in [0.1, 0.15) is 59.3 Å². The SMILES string of the molecule is CC(C)(C)OC(=O)NC1CCC(OC(=O)CCCC(=O)O)C1. The first kappa shape index (κ1) is 18.3. The Morgan fingerprint density at radius 3 is 2.45 bits per heavy atom. The fourth-order valence-electron chi connectivity index (χ4n) is 2.28. The van der Waals surface area contributed by atoms with Crippen LogP contribution < -0.4 is 5.32 Å². The minimum Gasteiger partial charge on any atom is -0.481 e. The third kappa shape index (κ3) is 7.85. The molecule has 7 nitrogen and oxygen atoms in total. The van der Waals surface area contributed by atoms with E-state index in [0.717, 1.165) is 6.42 Å². The summed E-state index contributed by atoms with van der Waals surface area (Å²) in [5.41, 5.74) is -0.543. The molecule has 0 aromatic carbocycles. The van der Waals surface area contributed by atoms with Gasteiger partial charge in [0.15, 0.2) is 0 Å². The van der Waals surface area contributed by atoms with Gasteiger partial charge in [-0.1, -0.05) is 0 Å². The molecule has 1 amide bonds. The first-order chi connectivity index (χ1) is 10.2. The normalized spacial score (nSPS) is 21.2. The van der Waals surface area contributed by atoms with E-state index in [4.69, 9.17) is 14.6 Å². The smallest absolute Gasteiger partial charge is 0.407 e. The number of nitrogens with one attached hydrogen (secondary N) is 1. The molecular weight excluding hydrogens is 290 g/mol. The lowest BCUT2D eigenvalue weighted by Gasteiger charge is -2.21. The van der Waals surface area contributed by atoms with Crippen LogP contribution in [-0.4, -0.2) is 40.9 Å². The van der Waals surface area contributed by atoms with Gasteiger partial charge in [-0.05, 0) is 40.0 Å². The fourth-order valence-corrected chi connectivity index (χ4v) is 2.28. The van der Waals surface area contributed by atoms with Crippen LogP contribution in [0.15, 0.2) is 0 Å². The third-order valence-electron chi connectivity index (χ3n) is 3.18. The Morgan fingerprint density at radius 1 is 1.18 bits per heavy atom. The number of hydrogen-bond acceptors (Lipinski definition) is 5. The molecule has 7 heteroatoms. The van der Waals surface area contributed by atoms with E-state index in [0.29, 0.717) is 12.8 Å². The molecule has 1 aliphatic carbocycles. The number of hydrogen-bond donors (Lipinski definition) is 2. The standard InChI is InChI=1S/C15H25NO6/c1-15(2,3)22-14(20)16-10-7-8-11(9-10)21-13(19)6-4-5-12(17)18/h10-11H,4-9H2,1-3H3,(H,16,20)(H,17,18). The van der Waals surface area contributed by atoms with E-state index in [1.807, 2.05) is 0 Å². The summed E-state index contributed by atoms with van der Waals surface area (Å²) in [6.45, 7) is 5.38. The topological polar surface area (TPSA) is 102 Å². The largest absolute Gasteiger partial charge is 0.481 e. The summed E-state index contributed by atoms with van der Waals surface area (Å²) in [6.07, 6.45) is 1.63. The van der Waals surface area contributed by atoms with Crippen LogP contribution in [0.5, 0.6) is 0 Å². The van der Waals surface area contributed by atoms with Crippen LogP contribution in [0.4, 0.5) is 4.79 Å². The van der Waals surface area contributed by atoms with Crippen molar-refractivity contribution in [2.75, 3.05) is 0 Å². The maximum absolute atomic E-state index is 11.7. The second kappa shape index (κ2) is 8.00. The van der Waals surface area contributed by atoms with Gasteiger partial charge in [-0.25, -0.2) is 4.79 Å². The minimum absolute atomic E-state index is 0.0391. The van der Waals surface area contributed by atoms with E-state index in [9.17, 15) is 14.4 Å². The fraction of sp³-hybridized carbons (Fsp3) is 0.800. The Bertz CT molecular complexity index is 415. The molecule has 0 aromatic rings. The monoisotopic (exact) mass is 315 g/mol. The lowest BCUT2D eigenvalue weighted by molar-refractivity contribution is -0.149. The molecule has 1 fully saturated rings. The van der Waals surface area contributed by atoms with Crippen LogP contribution in [0.3, 0.4) is 0 Å². The molecule has 126 valence electrons. The van der Waals surface area contributed by atoms with Crippen LogP contribution in [-0.2, 0) is 19.1 Å². The first-order valence-electron chi connectivity index (χ1n) is 7.56. The number of esters is 1. The van der Waals surface area contributed by atoms with E-state index < -0.39 is 17.7 Å². The number of aliphatic carboxylic acids is 1. The maximum atomic E-state index is 11.7. The van der Waals surface area contributed by atoms with Crippen molar-refractivity contribution in [3.63, 3.8) is 0 Å². The molecule has 0 spiro atoms. The van der Waals surface area contributed by atoms with Crippen molar-refractivity contribution >= 4 is 18.0 Å². The number of carbonyl (C=O) groups is 3. The number of carboxylic acid groups (broad SMARTS) is 1. The van der Waals surface area contributed by atoms with E-state index in [2.05, 4.69) is 5.32 Å². The number of alkyl carbamates (subject to hydrolysis) is 1. The number of carboxylic acids is 1. The molecule has 2 unspecified atom stereocenters. The van der Waals surface area contributed by atoms with Gasteiger partial charge in [0.25, 0.3) is 0 Å². The molecule has 0 saturated heterocycles. The molecule has 2 atom stereocenters. The quantitative estimate of drug-likeness (QED) is 0.729. The van der Waals surface area contributed by atoms with Crippen molar-refractivity contribution in [2.24, 2.45) is 0 Å². The summed E-state index contributed by atoms with van der Waals surface area (Å²) < 4.78 is 10.5. The Balaban J connectivity index is 2.24. The number of amides is 1. The highest BCUT2D eigenvalue weighted by Gasteiger charge is 2.29. The van der Waals surface area contributed by atoms with E-state index in [1.165, 1.54) is 0 Å². The van der Waals surface area contributed by atoms with Gasteiger partial charge in [-0.3, -0.25) is 9.59 Å². The van der Waals surface area contributed by atoms with Crippen LogP contribution in [0, 0.1) is 0 Å². The summed E-state index contributed by atoms with van der Waals surface area (Å²) in [4.78, 5) is 33.6. The molecule has 0 heterocycles. The van der Waals surface area contributed by atoms with Crippen LogP contribution in [0.25, 0.3) is 0 Å². The maximum Gasteiger partial charge on any atom is 0.407 e. The van der Waals surface area contributed by atoms with Crippen molar-refractivity contribution < 1.29 is 29.0 Å². The molecule has 0 radical (unpaired) electrons. The van der Waals surface area contributed by atoms with Gasteiger partial charge in [-0.15, -0.1) is 0 Å². The van der Waals surface area contributed by atoms with Gasteiger partial charge in [0.2, 0.25) is 0 Å². The average Bonchev–Trinajstić information content (AvgIpc) is 2.72. The van der Waals surface area contributed by atoms with Crippen molar-refractivity contribution in [3.05, 3.63) is 0 Å². The Hall–Kier alpha value is -1.79. The molecular formula is C15H25NO6. The molecule has 0 aromatic heterocycles. The highest BCUT2D eigenvalue weighted by Crippen LogP contribution is 2.23. The number of ether oxygens (including phenoxy) is 2. The van der Waals surface area contributed by atoms with Crippen molar-refractivity contribution in [1.82, 2.24) is 5.32 Å². The Labute approximate surface area is 130 Å². The number of rotatable bonds is 6. The van der Waals surface area contributed by atoms with E-state index >= 15 is 0 Å². The Kier molecular flexibility index (Phi) is 6.64. The highest BCUT2D eigenvalue weighted by molar-refractivity contribution is 5.71. The summed E-state index contributed by atoms with van der Waals surface area (Å²) in [7, 11) is 0. The predicted molar refractivity (Wildman–Crippen MR) is 78.4 cm³/mol. The molecule has 1 saturated carbocycles. The first-order valence-corrected chi connectivity index (χ1v) is 7.56. The number of carbonyl (C=O) groups excluding carboxylic acids is 2. The van der Waals surface area contributed by atoms with Crippen molar-refractivity contribution in [1.29, 1.82) is 0 Å². The van der Waals surface area contributed by atoms with Gasteiger partial charge in [0, 0.05) is 25.3 Å². The van der Waals surface area contributed by atoms with Gasteiger partial charge in [0.1, 0.15) is 11.7 Å². The van der Waals surface area contributed by atoms with Crippen LogP contribution in [0.2, 0.25) is 0 Å². The van der Waals surface area contributed by atoms with E-state index in [1.54, 1.807) is 20.8 Å². The summed E-state index contributed by atoms with van der Waals surface area (Å²) in [5, 5.41) is 11.3. The zero-order chi connectivity index (χ0) is 16.8. The van der Waals surface area contributed by atoms with Crippen LogP contribution >= 0.6 is 0 Å². The molecule has 0 bridgehead atoms. The van der Waals surface area contributed by atoms with Gasteiger partial charge in [-0.2, -0.15) is 0 Å². The average molecular weight is 315 g/mol. The highest BCUT2D eigenvalue weighted by atomic mass is 16.6. The lowest BCUT2D eigenvalue weighted by Crippen LogP contribution is -2.38. The molecule has 22 heavy (non-hydrogen) atoms. The second-order valence-corrected chi connectivity index (χ2v) is 6.52. The lowest BCUT2D eigenvalue weighted by atomic mass is 10.2. The summed E-state index contributed by atoms with van der Waals surface area (Å²) in [6, 6.07) is -0.0633. The van der Waals surface area contributed by atoms with Gasteiger partial charge >= 0.3 is 18.0 Å². The van der Waals surface area contributed by atoms with E-state index in [-0.39, 0.29) is 37.4 Å². The van der Waals surface area contributed by atoms with Gasteiger partial charge in [0.05, 0.1) is 0 Å². The van der Waals surface area contributed by atoms with Crippen molar-refractivity contribution in [3.8, 4) is 0 Å². The zero-order valence-electron chi connectivity index (χ0n) is 13.4. The van der Waals surface area contributed by atoms with Crippen molar-refractivity contribution in [2.45, 2.75) is 77.0 Å². The molecule has 2 N–H and O–H groups in total. The summed E-state index contributed by atoms with van der Waals surface area (Å²) >= 11 is 0.